The molecule has 2 atom stereocenters. The number of sulfone groups is 1. The maximum absolute atomic E-state index is 13.4. The maximum atomic E-state index is 13.4. The minimum Gasteiger partial charge on any atom is -0.497 e. The number of allylic oxidation sites excluding steroid dienone is 2. The number of rotatable bonds is 2. The van der Waals surface area contributed by atoms with Crippen molar-refractivity contribution >= 4 is 21.8 Å². The standard InChI is InChI=1S/C21H24O7S/c1-12-11-16(13-5-7-14(26-4)8-6-13)21(15-9-10-29(24,25)17(12)15)18(22)27-20(2,3)28-19(21)23/h5-8,15-16H,9-11H2,1-4H3/t15?,16-/m0/s1. The number of methoxy groups -OCH3 is 1. The molecular formula is C21H24O7S. The van der Waals surface area contributed by atoms with Gasteiger partial charge in [0, 0.05) is 30.6 Å². The van der Waals surface area contributed by atoms with Gasteiger partial charge in [-0.15, -0.1) is 0 Å². The van der Waals surface area contributed by atoms with Gasteiger partial charge in [0.2, 0.25) is 0 Å². The van der Waals surface area contributed by atoms with Crippen LogP contribution in [0.5, 0.6) is 5.75 Å². The fraction of sp³-hybridized carbons (Fsp3) is 0.524. The second kappa shape index (κ2) is 6.32. The van der Waals surface area contributed by atoms with Crippen LogP contribution in [0.2, 0.25) is 0 Å². The molecule has 29 heavy (non-hydrogen) atoms. The van der Waals surface area contributed by atoms with Crippen LogP contribution in [0.3, 0.4) is 0 Å². The van der Waals surface area contributed by atoms with E-state index in [1.54, 1.807) is 38.3 Å². The summed E-state index contributed by atoms with van der Waals surface area (Å²) in [5, 5.41) is 0. The first kappa shape index (κ1) is 19.9. The van der Waals surface area contributed by atoms with Gasteiger partial charge in [0.05, 0.1) is 12.9 Å². The van der Waals surface area contributed by atoms with Crippen LogP contribution in [0.25, 0.3) is 0 Å². The number of benzene rings is 1. The lowest BCUT2D eigenvalue weighted by atomic mass is 9.58. The Morgan fingerprint density at radius 3 is 2.17 bits per heavy atom. The van der Waals surface area contributed by atoms with Gasteiger partial charge in [-0.05, 0) is 37.5 Å². The van der Waals surface area contributed by atoms with Gasteiger partial charge in [0.15, 0.2) is 15.3 Å². The second-order valence-electron chi connectivity index (χ2n) is 8.38. The van der Waals surface area contributed by atoms with E-state index in [9.17, 15) is 18.0 Å². The zero-order chi connectivity index (χ0) is 21.2. The molecule has 1 aromatic carbocycles. The summed E-state index contributed by atoms with van der Waals surface area (Å²) in [7, 11) is -1.97. The highest BCUT2D eigenvalue weighted by Crippen LogP contribution is 2.60. The monoisotopic (exact) mass is 420 g/mol. The number of hydrogen-bond acceptors (Lipinski definition) is 7. The molecule has 1 aromatic rings. The van der Waals surface area contributed by atoms with E-state index >= 15 is 0 Å². The smallest absolute Gasteiger partial charge is 0.328 e. The van der Waals surface area contributed by atoms with Crippen LogP contribution in [0.15, 0.2) is 34.7 Å². The minimum atomic E-state index is -3.52. The van der Waals surface area contributed by atoms with Gasteiger partial charge in [-0.1, -0.05) is 17.7 Å². The molecule has 0 bridgehead atoms. The molecule has 2 heterocycles. The molecule has 2 saturated heterocycles. The zero-order valence-electron chi connectivity index (χ0n) is 16.9. The van der Waals surface area contributed by atoms with Crippen molar-refractivity contribution in [1.82, 2.24) is 0 Å². The minimum absolute atomic E-state index is 0.0919. The molecule has 0 aromatic heterocycles. The molecule has 0 radical (unpaired) electrons. The third kappa shape index (κ3) is 2.79. The van der Waals surface area contributed by atoms with Gasteiger partial charge < -0.3 is 14.2 Å². The predicted octanol–water partition coefficient (Wildman–Crippen LogP) is 2.71. The van der Waals surface area contributed by atoms with Crippen molar-refractivity contribution in [3.05, 3.63) is 40.3 Å². The summed E-state index contributed by atoms with van der Waals surface area (Å²) in [6.07, 6.45) is 0.439. The van der Waals surface area contributed by atoms with E-state index in [2.05, 4.69) is 0 Å². The van der Waals surface area contributed by atoms with Gasteiger partial charge in [0.1, 0.15) is 5.75 Å². The average Bonchev–Trinajstić information content (AvgIpc) is 2.96. The number of cyclic esters (lactones) is 2. The van der Waals surface area contributed by atoms with Gasteiger partial charge in [0.25, 0.3) is 5.79 Å². The highest BCUT2D eigenvalue weighted by molar-refractivity contribution is 7.95. The van der Waals surface area contributed by atoms with Crippen molar-refractivity contribution in [2.24, 2.45) is 11.3 Å². The van der Waals surface area contributed by atoms with E-state index < -0.39 is 44.8 Å². The van der Waals surface area contributed by atoms with Crippen LogP contribution in [0, 0.1) is 11.3 Å². The van der Waals surface area contributed by atoms with Gasteiger partial charge in [-0.3, -0.25) is 9.59 Å². The molecule has 4 rings (SSSR count). The van der Waals surface area contributed by atoms with Crippen molar-refractivity contribution in [3.8, 4) is 5.75 Å². The largest absolute Gasteiger partial charge is 0.497 e. The lowest BCUT2D eigenvalue weighted by molar-refractivity contribution is -0.257. The normalized spacial score (nSPS) is 29.2. The van der Waals surface area contributed by atoms with Crippen LogP contribution >= 0.6 is 0 Å². The number of hydrogen-bond donors (Lipinski definition) is 0. The fourth-order valence-electron chi connectivity index (χ4n) is 5.04. The molecule has 8 heteroatoms. The molecule has 1 unspecified atom stereocenters. The van der Waals surface area contributed by atoms with E-state index in [0.717, 1.165) is 5.56 Å². The van der Waals surface area contributed by atoms with Crippen molar-refractivity contribution in [3.63, 3.8) is 0 Å². The zero-order valence-corrected chi connectivity index (χ0v) is 17.7. The number of carbonyl (C=O) groups excluding carboxylic acids is 2. The SMILES string of the molecule is COc1ccc([C@@H]2CC(C)=C3C(CCS3(=O)=O)C23C(=O)OC(C)(C)OC3=O)cc1. The van der Waals surface area contributed by atoms with Crippen LogP contribution < -0.4 is 4.74 Å². The van der Waals surface area contributed by atoms with E-state index in [0.29, 0.717) is 11.3 Å². The second-order valence-corrected chi connectivity index (χ2v) is 10.5. The Labute approximate surface area is 169 Å². The Bertz CT molecular complexity index is 998. The molecule has 7 nitrogen and oxygen atoms in total. The molecule has 0 N–H and O–H groups in total. The first-order valence-electron chi connectivity index (χ1n) is 9.56. The molecule has 0 saturated carbocycles. The highest BCUT2D eigenvalue weighted by Gasteiger charge is 2.69. The van der Waals surface area contributed by atoms with E-state index in [1.807, 2.05) is 0 Å². The van der Waals surface area contributed by atoms with Gasteiger partial charge in [-0.2, -0.15) is 0 Å². The third-order valence-electron chi connectivity index (χ3n) is 6.23. The molecule has 2 aliphatic heterocycles. The summed E-state index contributed by atoms with van der Waals surface area (Å²) in [5.74, 6) is -3.65. The van der Waals surface area contributed by atoms with Gasteiger partial charge >= 0.3 is 11.9 Å². The molecular weight excluding hydrogens is 396 g/mol. The van der Waals surface area contributed by atoms with Crippen LogP contribution in [0.1, 0.15) is 45.1 Å². The van der Waals surface area contributed by atoms with Crippen molar-refractivity contribution in [2.75, 3.05) is 12.9 Å². The molecule has 2 fully saturated rings. The summed E-state index contributed by atoms with van der Waals surface area (Å²) < 4.78 is 41.7. The molecule has 0 amide bonds. The number of fused-ring (bicyclic) bond motifs is 2. The van der Waals surface area contributed by atoms with Crippen molar-refractivity contribution in [1.29, 1.82) is 0 Å². The number of carbonyl (C=O) groups is 2. The third-order valence-corrected chi connectivity index (χ3v) is 8.30. The predicted molar refractivity (Wildman–Crippen MR) is 104 cm³/mol. The summed E-state index contributed by atoms with van der Waals surface area (Å²) in [6, 6.07) is 7.11. The van der Waals surface area contributed by atoms with Crippen molar-refractivity contribution < 1.29 is 32.2 Å². The van der Waals surface area contributed by atoms with Gasteiger partial charge in [-0.25, -0.2) is 8.42 Å². The van der Waals surface area contributed by atoms with Crippen LogP contribution in [0.4, 0.5) is 0 Å². The van der Waals surface area contributed by atoms with E-state index in [1.165, 1.54) is 13.8 Å². The topological polar surface area (TPSA) is 96.0 Å². The van der Waals surface area contributed by atoms with E-state index in [-0.39, 0.29) is 23.5 Å². The van der Waals surface area contributed by atoms with Crippen LogP contribution in [-0.4, -0.2) is 39.0 Å². The highest BCUT2D eigenvalue weighted by atomic mass is 32.2. The quantitative estimate of drug-likeness (QED) is 0.536. The van der Waals surface area contributed by atoms with E-state index in [4.69, 9.17) is 14.2 Å². The average molecular weight is 420 g/mol. The Morgan fingerprint density at radius 1 is 1.03 bits per heavy atom. The molecule has 156 valence electrons. The Hall–Kier alpha value is -2.35. The first-order chi connectivity index (χ1) is 13.5. The lowest BCUT2D eigenvalue weighted by Gasteiger charge is -2.49. The first-order valence-corrected chi connectivity index (χ1v) is 11.2. The lowest BCUT2D eigenvalue weighted by Crippen LogP contribution is -2.60. The fourth-order valence-corrected chi connectivity index (χ4v) is 7.16. The summed E-state index contributed by atoms with van der Waals surface area (Å²) in [4.78, 5) is 27.0. The summed E-state index contributed by atoms with van der Waals surface area (Å²) >= 11 is 0. The number of ether oxygens (including phenoxy) is 3. The molecule has 1 aliphatic carbocycles. The Kier molecular flexibility index (Phi) is 4.35. The Morgan fingerprint density at radius 2 is 1.62 bits per heavy atom. The maximum Gasteiger partial charge on any atom is 0.328 e. The molecule has 1 spiro atoms. The summed E-state index contributed by atoms with van der Waals surface area (Å²) in [6.45, 7) is 4.75. The van der Waals surface area contributed by atoms with Crippen molar-refractivity contribution in [2.45, 2.75) is 45.3 Å². The summed E-state index contributed by atoms with van der Waals surface area (Å²) in [5.41, 5.74) is -0.297. The number of esters is 2. The molecule has 3 aliphatic rings. The van der Waals surface area contributed by atoms with Crippen LogP contribution in [-0.2, 0) is 28.9 Å². The Balaban J connectivity index is 1.94.